The van der Waals surface area contributed by atoms with Crippen LogP contribution in [0.15, 0.2) is 77.0 Å². The van der Waals surface area contributed by atoms with Crippen LogP contribution in [0.4, 0.5) is 4.79 Å². The first-order chi connectivity index (χ1) is 14.2. The zero-order chi connectivity index (χ0) is 19.8. The summed E-state index contributed by atoms with van der Waals surface area (Å²) in [6, 6.07) is 15.2. The van der Waals surface area contributed by atoms with E-state index in [9.17, 15) is 4.79 Å². The van der Waals surface area contributed by atoms with Crippen molar-refractivity contribution >= 4 is 45.2 Å². The topological polar surface area (TPSA) is 95.4 Å². The van der Waals surface area contributed by atoms with Gasteiger partial charge in [0.15, 0.2) is 0 Å². The number of benzene rings is 2. The summed E-state index contributed by atoms with van der Waals surface area (Å²) in [6.45, 7) is 0. The van der Waals surface area contributed by atoms with Gasteiger partial charge in [-0.25, -0.2) is 19.7 Å². The quantitative estimate of drug-likeness (QED) is 0.457. The minimum atomic E-state index is -0.847. The zero-order valence-corrected chi connectivity index (χ0v) is 16.5. The molecule has 5 rings (SSSR count). The monoisotopic (exact) mass is 419 g/mol. The van der Waals surface area contributed by atoms with Gasteiger partial charge >= 0.3 is 6.09 Å². The highest BCUT2D eigenvalue weighted by Gasteiger charge is 2.14. The van der Waals surface area contributed by atoms with Gasteiger partial charge in [-0.3, -0.25) is 4.40 Å². The molecule has 0 atom stereocenters. The van der Waals surface area contributed by atoms with Crippen molar-refractivity contribution < 1.29 is 9.53 Å². The summed E-state index contributed by atoms with van der Waals surface area (Å²) >= 11 is 3.14. The predicted molar refractivity (Wildman–Crippen MR) is 112 cm³/mol. The number of nitrogens with two attached hydrogens (primary N) is 1. The SMILES string of the molecule is NC(=O)Oc1ccccc1-c1nc2ccc(Sc3cnc4ncccn34)cc2s1. The summed E-state index contributed by atoms with van der Waals surface area (Å²) in [5, 5.41) is 1.75. The molecule has 0 fully saturated rings. The Balaban J connectivity index is 1.50. The normalized spacial score (nSPS) is 11.2. The maximum absolute atomic E-state index is 11.2. The molecule has 0 unspecified atom stereocenters. The van der Waals surface area contributed by atoms with Crippen LogP contribution in [0, 0.1) is 0 Å². The third kappa shape index (κ3) is 3.41. The average molecular weight is 419 g/mol. The molecule has 5 aromatic rings. The Bertz CT molecular complexity index is 1360. The number of hydrogen-bond donors (Lipinski definition) is 1. The second kappa shape index (κ2) is 7.19. The third-order valence-electron chi connectivity index (χ3n) is 4.16. The number of para-hydroxylation sites is 1. The van der Waals surface area contributed by atoms with E-state index in [0.29, 0.717) is 11.5 Å². The first kappa shape index (κ1) is 17.7. The summed E-state index contributed by atoms with van der Waals surface area (Å²) in [5.41, 5.74) is 6.79. The average Bonchev–Trinajstić information content (AvgIpc) is 3.32. The summed E-state index contributed by atoms with van der Waals surface area (Å²) in [4.78, 5) is 25.5. The van der Waals surface area contributed by atoms with Crippen molar-refractivity contribution in [3.8, 4) is 16.3 Å². The minimum Gasteiger partial charge on any atom is -0.410 e. The largest absolute Gasteiger partial charge is 0.410 e. The van der Waals surface area contributed by atoms with Crippen LogP contribution in [0.5, 0.6) is 5.75 Å². The molecule has 0 aliphatic carbocycles. The van der Waals surface area contributed by atoms with Gasteiger partial charge in [0, 0.05) is 17.3 Å². The number of carbonyl (C=O) groups is 1. The van der Waals surface area contributed by atoms with Crippen molar-refractivity contribution in [2.45, 2.75) is 9.92 Å². The lowest BCUT2D eigenvalue weighted by Gasteiger charge is -2.05. The van der Waals surface area contributed by atoms with E-state index in [1.807, 2.05) is 47.1 Å². The molecular weight excluding hydrogens is 406 g/mol. The fourth-order valence-electron chi connectivity index (χ4n) is 2.93. The van der Waals surface area contributed by atoms with Crippen LogP contribution in [-0.2, 0) is 0 Å². The maximum atomic E-state index is 11.2. The molecule has 0 saturated heterocycles. The van der Waals surface area contributed by atoms with Crippen molar-refractivity contribution in [2.24, 2.45) is 5.73 Å². The molecule has 142 valence electrons. The van der Waals surface area contributed by atoms with Gasteiger partial charge in [0.25, 0.3) is 0 Å². The second-order valence-corrected chi connectivity index (χ2v) is 8.18. The molecule has 2 N–H and O–H groups in total. The fraction of sp³-hybridized carbons (Fsp3) is 0. The zero-order valence-electron chi connectivity index (χ0n) is 14.9. The van der Waals surface area contributed by atoms with Gasteiger partial charge in [-0.15, -0.1) is 11.3 Å². The van der Waals surface area contributed by atoms with Crippen molar-refractivity contribution in [3.05, 3.63) is 67.1 Å². The van der Waals surface area contributed by atoms with Gasteiger partial charge in [0.2, 0.25) is 5.78 Å². The molecule has 0 bridgehead atoms. The summed E-state index contributed by atoms with van der Waals surface area (Å²) in [7, 11) is 0. The van der Waals surface area contributed by atoms with Gasteiger partial charge in [-0.05, 0) is 36.4 Å². The molecule has 7 nitrogen and oxygen atoms in total. The number of fused-ring (bicyclic) bond motifs is 2. The van der Waals surface area contributed by atoms with Gasteiger partial charge in [-0.2, -0.15) is 0 Å². The molecule has 0 spiro atoms. The Morgan fingerprint density at radius 2 is 2.03 bits per heavy atom. The van der Waals surface area contributed by atoms with E-state index >= 15 is 0 Å². The van der Waals surface area contributed by atoms with Crippen LogP contribution >= 0.6 is 23.1 Å². The lowest BCUT2D eigenvalue weighted by molar-refractivity contribution is 0.211. The molecule has 29 heavy (non-hydrogen) atoms. The van der Waals surface area contributed by atoms with E-state index in [1.54, 1.807) is 30.1 Å². The molecular formula is C20H13N5O2S2. The number of imidazole rings is 1. The number of hydrogen-bond acceptors (Lipinski definition) is 7. The highest BCUT2D eigenvalue weighted by Crippen LogP contribution is 2.38. The molecule has 3 aromatic heterocycles. The van der Waals surface area contributed by atoms with Crippen LogP contribution < -0.4 is 10.5 Å². The molecule has 0 radical (unpaired) electrons. The Labute approximate surface area is 173 Å². The fourth-order valence-corrected chi connectivity index (χ4v) is 4.94. The van der Waals surface area contributed by atoms with Crippen molar-refractivity contribution in [2.75, 3.05) is 0 Å². The molecule has 0 aliphatic rings. The number of primary amides is 1. The first-order valence-corrected chi connectivity index (χ1v) is 10.2. The second-order valence-electron chi connectivity index (χ2n) is 6.05. The number of thiazole rings is 1. The molecule has 9 heteroatoms. The van der Waals surface area contributed by atoms with E-state index in [-0.39, 0.29) is 0 Å². The van der Waals surface area contributed by atoms with Crippen LogP contribution in [0.25, 0.3) is 26.6 Å². The molecule has 0 aliphatic heterocycles. The van der Waals surface area contributed by atoms with E-state index in [0.717, 1.165) is 30.7 Å². The van der Waals surface area contributed by atoms with Gasteiger partial charge < -0.3 is 10.5 Å². The highest BCUT2D eigenvalue weighted by atomic mass is 32.2. The molecule has 0 saturated carbocycles. The number of amides is 1. The van der Waals surface area contributed by atoms with Crippen LogP contribution in [0.1, 0.15) is 0 Å². The Kier molecular flexibility index (Phi) is 4.38. The van der Waals surface area contributed by atoms with E-state index in [2.05, 4.69) is 21.0 Å². The van der Waals surface area contributed by atoms with Crippen molar-refractivity contribution in [3.63, 3.8) is 0 Å². The molecule has 2 aromatic carbocycles. The Morgan fingerprint density at radius 1 is 1.14 bits per heavy atom. The van der Waals surface area contributed by atoms with Crippen LogP contribution in [0.2, 0.25) is 0 Å². The lowest BCUT2D eigenvalue weighted by atomic mass is 10.2. The Hall–Kier alpha value is -3.43. The first-order valence-electron chi connectivity index (χ1n) is 8.60. The number of nitrogens with zero attached hydrogens (tertiary/aromatic N) is 4. The third-order valence-corrected chi connectivity index (χ3v) is 6.22. The number of rotatable bonds is 4. The van der Waals surface area contributed by atoms with Gasteiger partial charge in [-0.1, -0.05) is 23.9 Å². The van der Waals surface area contributed by atoms with Crippen LogP contribution in [-0.4, -0.2) is 25.4 Å². The van der Waals surface area contributed by atoms with E-state index in [4.69, 9.17) is 10.5 Å². The summed E-state index contributed by atoms with van der Waals surface area (Å²) < 4.78 is 8.10. The van der Waals surface area contributed by atoms with Crippen molar-refractivity contribution in [1.29, 1.82) is 0 Å². The smallest absolute Gasteiger partial charge is 0.409 e. The van der Waals surface area contributed by atoms with E-state index < -0.39 is 6.09 Å². The Morgan fingerprint density at radius 3 is 2.93 bits per heavy atom. The number of carbonyl (C=O) groups excluding carboxylic acids is 1. The summed E-state index contributed by atoms with van der Waals surface area (Å²) in [5.74, 6) is 1.06. The standard InChI is InChI=1S/C20H13N5O2S2/c21-19(26)27-15-5-2-1-4-13(15)18-24-14-7-6-12(10-16(14)29-18)28-17-11-23-20-22-8-3-9-25(17)20/h1-11H,(H2,21,26). The lowest BCUT2D eigenvalue weighted by Crippen LogP contribution is -2.16. The number of aromatic nitrogens is 4. The van der Waals surface area contributed by atoms with E-state index in [1.165, 1.54) is 11.3 Å². The van der Waals surface area contributed by atoms with Crippen molar-refractivity contribution in [1.82, 2.24) is 19.4 Å². The highest BCUT2D eigenvalue weighted by molar-refractivity contribution is 7.99. The molecule has 1 amide bonds. The number of ether oxygens (including phenoxy) is 1. The molecule has 3 heterocycles. The predicted octanol–water partition coefficient (Wildman–Crippen LogP) is 4.61. The van der Waals surface area contributed by atoms with Gasteiger partial charge in [0.05, 0.1) is 22.0 Å². The summed E-state index contributed by atoms with van der Waals surface area (Å²) in [6.07, 6.45) is 4.63. The van der Waals surface area contributed by atoms with Crippen LogP contribution in [0.3, 0.4) is 0 Å². The minimum absolute atomic E-state index is 0.395. The maximum Gasteiger partial charge on any atom is 0.409 e. The van der Waals surface area contributed by atoms with Gasteiger partial charge in [0.1, 0.15) is 15.8 Å².